The Balaban J connectivity index is 1.57. The predicted molar refractivity (Wildman–Crippen MR) is 125 cm³/mol. The van der Waals surface area contributed by atoms with Crippen molar-refractivity contribution >= 4 is 40.5 Å². The Kier molecular flexibility index (Phi) is 5.12. The number of rotatable bonds is 4. The minimum atomic E-state index is -0.892. The molecule has 3 aromatic carbocycles. The minimum Gasteiger partial charge on any atom is -0.378 e. The summed E-state index contributed by atoms with van der Waals surface area (Å²) < 4.78 is 0. The minimum absolute atomic E-state index is 0.260. The molecule has 2 aliphatic heterocycles. The van der Waals surface area contributed by atoms with Crippen molar-refractivity contribution in [3.63, 3.8) is 0 Å². The molecule has 7 heteroatoms. The van der Waals surface area contributed by atoms with E-state index < -0.39 is 18.1 Å². The summed E-state index contributed by atoms with van der Waals surface area (Å²) >= 11 is 6.07. The largest absolute Gasteiger partial charge is 0.378 e. The lowest BCUT2D eigenvalue weighted by molar-refractivity contribution is -0.126. The first kappa shape index (κ1) is 20.5. The van der Waals surface area contributed by atoms with E-state index in [9.17, 15) is 9.59 Å². The molecule has 2 saturated heterocycles. The summed E-state index contributed by atoms with van der Waals surface area (Å²) in [7, 11) is 3.95. The molecule has 0 radical (unpaired) electrons. The smallest absolute Gasteiger partial charge is 0.266 e. The van der Waals surface area contributed by atoms with Gasteiger partial charge in [0.05, 0.1) is 17.4 Å². The number of anilines is 3. The maximum atomic E-state index is 13.6. The number of hydrogen-bond donors (Lipinski definition) is 0. The highest BCUT2D eigenvalue weighted by Crippen LogP contribution is 2.47. The summed E-state index contributed by atoms with van der Waals surface area (Å²) in [5, 5.41) is 2.27. The average molecular weight is 448 g/mol. The van der Waals surface area contributed by atoms with Crippen LogP contribution in [0.3, 0.4) is 0 Å². The van der Waals surface area contributed by atoms with Crippen LogP contribution < -0.4 is 14.9 Å². The number of imide groups is 1. The van der Waals surface area contributed by atoms with Gasteiger partial charge in [-0.3, -0.25) is 14.4 Å². The molecule has 2 heterocycles. The highest BCUT2D eigenvalue weighted by atomic mass is 35.5. The van der Waals surface area contributed by atoms with Gasteiger partial charge in [0.1, 0.15) is 5.92 Å². The molecular weight excluding hydrogens is 426 g/mol. The van der Waals surface area contributed by atoms with E-state index in [1.165, 1.54) is 4.90 Å². The number of amides is 2. The van der Waals surface area contributed by atoms with Crippen LogP contribution in [0.4, 0.5) is 17.1 Å². The van der Waals surface area contributed by atoms with Crippen molar-refractivity contribution in [2.75, 3.05) is 29.0 Å². The van der Waals surface area contributed by atoms with Gasteiger partial charge in [0.2, 0.25) is 5.91 Å². The Morgan fingerprint density at radius 1 is 0.812 bits per heavy atom. The van der Waals surface area contributed by atoms with Gasteiger partial charge >= 0.3 is 0 Å². The van der Waals surface area contributed by atoms with Crippen LogP contribution in [0.5, 0.6) is 0 Å². The van der Waals surface area contributed by atoms with E-state index >= 15 is 0 Å². The lowest BCUT2D eigenvalue weighted by atomic mass is 9.90. The van der Waals surface area contributed by atoms with Crippen molar-refractivity contribution in [3.05, 3.63) is 89.4 Å². The van der Waals surface area contributed by atoms with Crippen LogP contribution in [-0.2, 0) is 14.4 Å². The van der Waals surface area contributed by atoms with Gasteiger partial charge < -0.3 is 4.90 Å². The fourth-order valence-corrected chi connectivity index (χ4v) is 4.49. The topological polar surface area (TPSA) is 53.1 Å². The zero-order chi connectivity index (χ0) is 22.4. The van der Waals surface area contributed by atoms with Crippen molar-refractivity contribution in [3.8, 4) is 0 Å². The molecule has 0 bridgehead atoms. The summed E-state index contributed by atoms with van der Waals surface area (Å²) in [6.07, 6.45) is -0.892. The zero-order valence-electron chi connectivity index (χ0n) is 17.7. The molecular formula is C25H22ClN3O3. The Labute approximate surface area is 191 Å². The van der Waals surface area contributed by atoms with E-state index in [1.54, 1.807) is 29.3 Å². The molecule has 3 aromatic rings. The van der Waals surface area contributed by atoms with Crippen molar-refractivity contribution < 1.29 is 14.4 Å². The molecule has 2 aliphatic rings. The van der Waals surface area contributed by atoms with Crippen LogP contribution in [0.25, 0.3) is 0 Å². The summed E-state index contributed by atoms with van der Waals surface area (Å²) in [6, 6.07) is 23.7. The number of hydroxylamine groups is 1. The molecule has 0 unspecified atom stereocenters. The summed E-state index contributed by atoms with van der Waals surface area (Å²) in [6.45, 7) is 0. The standard InChI is InChI=1S/C25H22ClN3O3/c1-27(2)18-12-8-16(9-13-18)22-21-23(32-29(22)20-14-10-17(26)11-15-20)25(31)28(24(21)30)19-6-4-3-5-7-19/h3-15,21-23H,1-2H3/t21-,22+,23-/m0/s1. The maximum Gasteiger partial charge on any atom is 0.266 e. The molecule has 2 amide bonds. The molecule has 32 heavy (non-hydrogen) atoms. The molecule has 0 N–H and O–H groups in total. The third kappa shape index (κ3) is 3.32. The number of carbonyl (C=O) groups is 2. The monoisotopic (exact) mass is 447 g/mol. The lowest BCUT2D eigenvalue weighted by Gasteiger charge is -2.29. The van der Waals surface area contributed by atoms with E-state index in [2.05, 4.69) is 0 Å². The molecule has 162 valence electrons. The summed E-state index contributed by atoms with van der Waals surface area (Å²) in [5.74, 6) is -1.27. The van der Waals surface area contributed by atoms with Crippen LogP contribution >= 0.6 is 11.6 Å². The molecule has 3 atom stereocenters. The number of fused-ring (bicyclic) bond motifs is 1. The summed E-state index contributed by atoms with van der Waals surface area (Å²) in [4.78, 5) is 36.2. The van der Waals surface area contributed by atoms with E-state index in [4.69, 9.17) is 16.4 Å². The number of benzene rings is 3. The van der Waals surface area contributed by atoms with Crippen LogP contribution in [0, 0.1) is 5.92 Å². The lowest BCUT2D eigenvalue weighted by Crippen LogP contribution is -2.37. The second-order valence-corrected chi connectivity index (χ2v) is 8.57. The van der Waals surface area contributed by atoms with E-state index in [0.717, 1.165) is 16.9 Å². The molecule has 0 spiro atoms. The van der Waals surface area contributed by atoms with Crippen LogP contribution in [0.2, 0.25) is 5.02 Å². The maximum absolute atomic E-state index is 13.6. The number of para-hydroxylation sites is 1. The van der Waals surface area contributed by atoms with Gasteiger partial charge in [-0.25, -0.2) is 9.96 Å². The first-order valence-corrected chi connectivity index (χ1v) is 10.8. The Morgan fingerprint density at radius 3 is 2.09 bits per heavy atom. The number of carbonyl (C=O) groups excluding carboxylic acids is 2. The van der Waals surface area contributed by atoms with Crippen LogP contribution in [0.15, 0.2) is 78.9 Å². The summed E-state index contributed by atoms with van der Waals surface area (Å²) in [5.41, 5.74) is 3.23. The average Bonchev–Trinajstić information content (AvgIpc) is 3.31. The Bertz CT molecular complexity index is 1150. The first-order valence-electron chi connectivity index (χ1n) is 10.4. The normalized spacial score (nSPS) is 22.4. The van der Waals surface area contributed by atoms with Gasteiger partial charge in [-0.1, -0.05) is 41.9 Å². The van der Waals surface area contributed by atoms with Gasteiger partial charge in [-0.2, -0.15) is 0 Å². The second kappa shape index (κ2) is 7.97. The molecule has 0 aromatic heterocycles. The molecule has 2 fully saturated rings. The zero-order valence-corrected chi connectivity index (χ0v) is 18.4. The van der Waals surface area contributed by atoms with Crippen molar-refractivity contribution in [2.45, 2.75) is 12.1 Å². The number of nitrogens with zero attached hydrogens (tertiary/aromatic N) is 3. The number of halogens is 1. The molecule has 0 aliphatic carbocycles. The van der Waals surface area contributed by atoms with Crippen molar-refractivity contribution in [1.82, 2.24) is 0 Å². The molecule has 6 nitrogen and oxygen atoms in total. The van der Waals surface area contributed by atoms with Gasteiger partial charge in [0, 0.05) is 24.8 Å². The molecule has 0 saturated carbocycles. The van der Waals surface area contributed by atoms with Crippen LogP contribution in [0.1, 0.15) is 11.6 Å². The Hall–Kier alpha value is -3.35. The van der Waals surface area contributed by atoms with Gasteiger partial charge in [-0.05, 0) is 54.1 Å². The fraction of sp³-hybridized carbons (Fsp3) is 0.200. The fourth-order valence-electron chi connectivity index (χ4n) is 4.37. The van der Waals surface area contributed by atoms with Gasteiger partial charge in [0.15, 0.2) is 6.10 Å². The third-order valence-electron chi connectivity index (χ3n) is 5.96. The predicted octanol–water partition coefficient (Wildman–Crippen LogP) is 4.46. The first-order chi connectivity index (χ1) is 15.5. The van der Waals surface area contributed by atoms with Gasteiger partial charge in [0.25, 0.3) is 5.91 Å². The molecule has 5 rings (SSSR count). The third-order valence-corrected chi connectivity index (χ3v) is 6.21. The quantitative estimate of drug-likeness (QED) is 0.553. The van der Waals surface area contributed by atoms with Gasteiger partial charge in [-0.15, -0.1) is 0 Å². The number of hydrogen-bond acceptors (Lipinski definition) is 5. The van der Waals surface area contributed by atoms with Crippen molar-refractivity contribution in [1.29, 1.82) is 0 Å². The highest BCUT2D eigenvalue weighted by Gasteiger charge is 2.60. The van der Waals surface area contributed by atoms with E-state index in [0.29, 0.717) is 10.7 Å². The Morgan fingerprint density at radius 2 is 1.47 bits per heavy atom. The van der Waals surface area contributed by atoms with Crippen LogP contribution in [-0.4, -0.2) is 32.0 Å². The van der Waals surface area contributed by atoms with Crippen molar-refractivity contribution in [2.24, 2.45) is 5.92 Å². The second-order valence-electron chi connectivity index (χ2n) is 8.13. The highest BCUT2D eigenvalue weighted by molar-refractivity contribution is 6.30. The van der Waals surface area contributed by atoms with E-state index in [1.807, 2.05) is 73.6 Å². The van der Waals surface area contributed by atoms with E-state index in [-0.39, 0.29) is 11.8 Å². The SMILES string of the molecule is CN(C)c1ccc([C@@H]2[C@@H]3C(=O)N(c4ccccc4)C(=O)[C@H]3ON2c2ccc(Cl)cc2)cc1.